The molecule has 0 aliphatic heterocycles. The van der Waals surface area contributed by atoms with Crippen LogP contribution in [-0.4, -0.2) is 27.5 Å². The fraction of sp³-hybridized carbons (Fsp3) is 0.417. The van der Waals surface area contributed by atoms with E-state index in [2.05, 4.69) is 10.1 Å². The highest BCUT2D eigenvalue weighted by molar-refractivity contribution is 7.89. The predicted octanol–water partition coefficient (Wildman–Crippen LogP) is 0.546. The summed E-state index contributed by atoms with van der Waals surface area (Å²) in [6.45, 7) is 3.56. The largest absolute Gasteiger partial charge is 0.468 e. The van der Waals surface area contributed by atoms with Crippen LogP contribution in [-0.2, 0) is 19.6 Å². The molecule has 3 N–H and O–H groups in total. The minimum Gasteiger partial charge on any atom is -0.468 e. The standard InChI is InChI=1S/C12H18N2O4S/c1-8(14-9(2)12(15)18-3)10-4-6-11(7-5-10)19(13,16)17/h4-9,14H,1-3H3,(H2,13,16,17). The average Bonchev–Trinajstić information content (AvgIpc) is 2.36. The van der Waals surface area contributed by atoms with E-state index in [0.717, 1.165) is 5.56 Å². The van der Waals surface area contributed by atoms with Crippen LogP contribution < -0.4 is 10.5 Å². The molecule has 0 amide bonds. The van der Waals surface area contributed by atoms with Gasteiger partial charge in [0.25, 0.3) is 0 Å². The number of methoxy groups -OCH3 is 1. The third kappa shape index (κ3) is 4.30. The number of benzene rings is 1. The van der Waals surface area contributed by atoms with Crippen molar-refractivity contribution in [1.29, 1.82) is 0 Å². The minimum absolute atomic E-state index is 0.0597. The predicted molar refractivity (Wildman–Crippen MR) is 70.8 cm³/mol. The van der Waals surface area contributed by atoms with E-state index in [-0.39, 0.29) is 16.9 Å². The monoisotopic (exact) mass is 286 g/mol. The molecule has 0 aliphatic carbocycles. The summed E-state index contributed by atoms with van der Waals surface area (Å²) in [7, 11) is -2.35. The topological polar surface area (TPSA) is 98.5 Å². The van der Waals surface area contributed by atoms with Crippen LogP contribution in [0.3, 0.4) is 0 Å². The molecule has 1 aromatic carbocycles. The zero-order valence-electron chi connectivity index (χ0n) is 11.1. The third-order valence-corrected chi connectivity index (χ3v) is 3.69. The number of nitrogens with two attached hydrogens (primary N) is 1. The van der Waals surface area contributed by atoms with Gasteiger partial charge in [-0.3, -0.25) is 10.1 Å². The molecule has 0 saturated heterocycles. The molecule has 0 radical (unpaired) electrons. The summed E-state index contributed by atoms with van der Waals surface area (Å²) in [6, 6.07) is 5.61. The summed E-state index contributed by atoms with van der Waals surface area (Å²) in [6.07, 6.45) is 0. The van der Waals surface area contributed by atoms with Crippen LogP contribution >= 0.6 is 0 Å². The Bertz CT molecular complexity index is 539. The van der Waals surface area contributed by atoms with Gasteiger partial charge in [0.2, 0.25) is 10.0 Å². The van der Waals surface area contributed by atoms with Crippen molar-refractivity contribution in [3.63, 3.8) is 0 Å². The van der Waals surface area contributed by atoms with Crippen molar-refractivity contribution in [1.82, 2.24) is 5.32 Å². The highest BCUT2D eigenvalue weighted by Crippen LogP contribution is 2.16. The number of esters is 1. The van der Waals surface area contributed by atoms with E-state index in [0.29, 0.717) is 0 Å². The Morgan fingerprint density at radius 3 is 2.21 bits per heavy atom. The molecule has 7 heteroatoms. The van der Waals surface area contributed by atoms with Gasteiger partial charge in [0, 0.05) is 6.04 Å². The lowest BCUT2D eigenvalue weighted by atomic mass is 10.1. The summed E-state index contributed by atoms with van der Waals surface area (Å²) in [5.74, 6) is -0.354. The summed E-state index contributed by atoms with van der Waals surface area (Å²) in [5.41, 5.74) is 0.850. The Balaban J connectivity index is 2.79. The first-order chi connectivity index (χ1) is 8.75. The molecule has 106 valence electrons. The lowest BCUT2D eigenvalue weighted by molar-refractivity contribution is -0.142. The molecule has 0 aromatic heterocycles. The maximum Gasteiger partial charge on any atom is 0.322 e. The molecular formula is C12H18N2O4S. The van der Waals surface area contributed by atoms with Crippen molar-refractivity contribution in [3.05, 3.63) is 29.8 Å². The zero-order chi connectivity index (χ0) is 14.6. The second-order valence-corrected chi connectivity index (χ2v) is 5.81. The van der Waals surface area contributed by atoms with Crippen LogP contribution in [0.15, 0.2) is 29.2 Å². The van der Waals surface area contributed by atoms with E-state index in [1.54, 1.807) is 19.1 Å². The Kier molecular flexibility index (Phi) is 5.04. The number of carbonyl (C=O) groups excluding carboxylic acids is 1. The van der Waals surface area contributed by atoms with E-state index in [1.165, 1.54) is 19.2 Å². The first-order valence-corrected chi connectivity index (χ1v) is 7.27. The summed E-state index contributed by atoms with van der Waals surface area (Å²) in [4.78, 5) is 11.3. The Morgan fingerprint density at radius 2 is 1.79 bits per heavy atom. The minimum atomic E-state index is -3.68. The second kappa shape index (κ2) is 6.14. The van der Waals surface area contributed by atoms with E-state index in [1.807, 2.05) is 6.92 Å². The van der Waals surface area contributed by atoms with Crippen LogP contribution in [0.4, 0.5) is 0 Å². The highest BCUT2D eigenvalue weighted by Gasteiger charge is 2.17. The number of primary sulfonamides is 1. The quantitative estimate of drug-likeness (QED) is 0.770. The lowest BCUT2D eigenvalue weighted by Gasteiger charge is -2.18. The summed E-state index contributed by atoms with van der Waals surface area (Å²) in [5, 5.41) is 8.07. The van der Waals surface area contributed by atoms with Crippen LogP contribution in [0.1, 0.15) is 25.5 Å². The zero-order valence-corrected chi connectivity index (χ0v) is 11.9. The normalized spacial score (nSPS) is 14.7. The van der Waals surface area contributed by atoms with E-state index >= 15 is 0 Å². The number of rotatable bonds is 5. The van der Waals surface area contributed by atoms with Gasteiger partial charge in [-0.25, -0.2) is 13.6 Å². The Hall–Kier alpha value is -1.44. The molecule has 1 aromatic rings. The molecule has 0 heterocycles. The Labute approximate surface area is 113 Å². The fourth-order valence-corrected chi connectivity index (χ4v) is 2.18. The number of sulfonamides is 1. The van der Waals surface area contributed by atoms with E-state index in [4.69, 9.17) is 5.14 Å². The van der Waals surface area contributed by atoms with Gasteiger partial charge < -0.3 is 4.74 Å². The van der Waals surface area contributed by atoms with Gasteiger partial charge >= 0.3 is 5.97 Å². The fourth-order valence-electron chi connectivity index (χ4n) is 1.66. The van der Waals surface area contributed by atoms with Crippen LogP contribution in [0, 0.1) is 0 Å². The molecule has 19 heavy (non-hydrogen) atoms. The molecule has 0 saturated carbocycles. The second-order valence-electron chi connectivity index (χ2n) is 4.25. The number of hydrogen-bond acceptors (Lipinski definition) is 5. The first-order valence-electron chi connectivity index (χ1n) is 5.72. The van der Waals surface area contributed by atoms with Crippen molar-refractivity contribution in [2.75, 3.05) is 7.11 Å². The number of nitrogens with one attached hydrogen (secondary N) is 1. The van der Waals surface area contributed by atoms with Gasteiger partial charge in [-0.1, -0.05) is 12.1 Å². The van der Waals surface area contributed by atoms with Crippen molar-refractivity contribution in [2.45, 2.75) is 30.8 Å². The van der Waals surface area contributed by atoms with Gasteiger partial charge in [0.15, 0.2) is 0 Å². The molecule has 0 bridgehead atoms. The van der Waals surface area contributed by atoms with E-state index in [9.17, 15) is 13.2 Å². The lowest BCUT2D eigenvalue weighted by Crippen LogP contribution is -2.36. The van der Waals surface area contributed by atoms with Crippen molar-refractivity contribution < 1.29 is 17.9 Å². The molecule has 0 spiro atoms. The van der Waals surface area contributed by atoms with Crippen molar-refractivity contribution >= 4 is 16.0 Å². The molecule has 1 rings (SSSR count). The summed E-state index contributed by atoms with van der Waals surface area (Å²) >= 11 is 0. The SMILES string of the molecule is COC(=O)C(C)NC(C)c1ccc(S(N)(=O)=O)cc1. The maximum atomic E-state index is 11.3. The van der Waals surface area contributed by atoms with Crippen LogP contribution in [0.2, 0.25) is 0 Å². The third-order valence-electron chi connectivity index (χ3n) is 2.76. The summed E-state index contributed by atoms with van der Waals surface area (Å²) < 4.78 is 26.9. The number of carbonyl (C=O) groups is 1. The molecule has 0 fully saturated rings. The average molecular weight is 286 g/mol. The molecular weight excluding hydrogens is 268 g/mol. The smallest absolute Gasteiger partial charge is 0.322 e. The van der Waals surface area contributed by atoms with Crippen molar-refractivity contribution in [2.24, 2.45) is 5.14 Å². The molecule has 2 atom stereocenters. The van der Waals surface area contributed by atoms with Crippen LogP contribution in [0.5, 0.6) is 0 Å². The molecule has 0 aliphatic rings. The Morgan fingerprint density at radius 1 is 1.26 bits per heavy atom. The van der Waals surface area contributed by atoms with Crippen LogP contribution in [0.25, 0.3) is 0 Å². The number of hydrogen-bond donors (Lipinski definition) is 2. The number of ether oxygens (including phenoxy) is 1. The van der Waals surface area contributed by atoms with Gasteiger partial charge in [0.05, 0.1) is 12.0 Å². The van der Waals surface area contributed by atoms with Gasteiger partial charge in [-0.05, 0) is 31.5 Å². The highest BCUT2D eigenvalue weighted by atomic mass is 32.2. The van der Waals surface area contributed by atoms with E-state index < -0.39 is 16.1 Å². The van der Waals surface area contributed by atoms with Gasteiger partial charge in [-0.2, -0.15) is 0 Å². The van der Waals surface area contributed by atoms with Gasteiger partial charge in [-0.15, -0.1) is 0 Å². The molecule has 6 nitrogen and oxygen atoms in total. The van der Waals surface area contributed by atoms with Crippen molar-refractivity contribution in [3.8, 4) is 0 Å². The van der Waals surface area contributed by atoms with Gasteiger partial charge in [0.1, 0.15) is 6.04 Å². The first kappa shape index (κ1) is 15.6. The maximum absolute atomic E-state index is 11.3. The molecule has 2 unspecified atom stereocenters.